The van der Waals surface area contributed by atoms with Crippen LogP contribution in [0.25, 0.3) is 5.69 Å². The lowest BCUT2D eigenvalue weighted by Crippen LogP contribution is -2.39. The summed E-state index contributed by atoms with van der Waals surface area (Å²) in [5.74, 6) is -0.0878. The summed E-state index contributed by atoms with van der Waals surface area (Å²) in [5, 5.41) is 4.14. The van der Waals surface area contributed by atoms with Gasteiger partial charge in [0.1, 0.15) is 12.3 Å². The van der Waals surface area contributed by atoms with Crippen molar-refractivity contribution in [3.05, 3.63) is 105 Å². The Morgan fingerprint density at radius 2 is 1.73 bits per heavy atom. The largest absolute Gasteiger partial charge is 0.496 e. The van der Waals surface area contributed by atoms with Crippen LogP contribution >= 0.6 is 15.9 Å². The molecule has 208 valence electrons. The molecule has 3 aromatic carbocycles. The molecule has 4 rings (SSSR count). The second-order valence-electron chi connectivity index (χ2n) is 9.44. The Morgan fingerprint density at radius 3 is 2.38 bits per heavy atom. The first-order chi connectivity index (χ1) is 19.0. The summed E-state index contributed by atoms with van der Waals surface area (Å²) in [6.07, 6.45) is 1.57. The Kier molecular flexibility index (Phi) is 8.80. The van der Waals surface area contributed by atoms with Crippen LogP contribution in [0.1, 0.15) is 28.1 Å². The van der Waals surface area contributed by atoms with E-state index < -0.39 is 22.5 Å². The maximum absolute atomic E-state index is 13.7. The number of nitrogens with zero attached hydrogens (tertiary/aromatic N) is 3. The standard InChI is InChI=1S/C30H31BrN4O4S/c1-20-9-11-25(12-10-20)34(40(37,38)27-13-14-29(39-5)28(31)17-27)19-30(36)33-32-18-24-16-22(3)35(23(24)4)26-8-6-7-21(2)15-26/h6-18H,19H2,1-5H3,(H,33,36)/b32-18-. The minimum atomic E-state index is -4.10. The summed E-state index contributed by atoms with van der Waals surface area (Å²) in [5.41, 5.74) is 8.84. The fourth-order valence-corrected chi connectivity index (χ4v) is 6.52. The number of halogens is 1. The lowest BCUT2D eigenvalue weighted by molar-refractivity contribution is -0.119. The number of aryl methyl sites for hydroxylation is 3. The van der Waals surface area contributed by atoms with Crippen LogP contribution < -0.4 is 14.5 Å². The van der Waals surface area contributed by atoms with E-state index in [9.17, 15) is 13.2 Å². The van der Waals surface area contributed by atoms with E-state index in [2.05, 4.69) is 37.1 Å². The molecule has 0 aliphatic carbocycles. The third-order valence-electron chi connectivity index (χ3n) is 6.44. The van der Waals surface area contributed by atoms with Gasteiger partial charge >= 0.3 is 0 Å². The van der Waals surface area contributed by atoms with Crippen LogP contribution in [-0.2, 0) is 14.8 Å². The molecule has 0 fully saturated rings. The van der Waals surface area contributed by atoms with E-state index in [4.69, 9.17) is 4.74 Å². The van der Waals surface area contributed by atoms with Gasteiger partial charge in [0.2, 0.25) is 0 Å². The van der Waals surface area contributed by atoms with Crippen LogP contribution in [0.3, 0.4) is 0 Å². The van der Waals surface area contributed by atoms with Gasteiger partial charge in [0.15, 0.2) is 0 Å². The first-order valence-electron chi connectivity index (χ1n) is 12.5. The van der Waals surface area contributed by atoms with Crippen LogP contribution in [0.15, 0.2) is 87.3 Å². The lowest BCUT2D eigenvalue weighted by Gasteiger charge is -2.24. The number of methoxy groups -OCH3 is 1. The number of hydrogen-bond acceptors (Lipinski definition) is 5. The number of amides is 1. The molecule has 0 saturated carbocycles. The number of hydrazone groups is 1. The first kappa shape index (κ1) is 29.1. The number of benzene rings is 3. The van der Waals surface area contributed by atoms with Gasteiger partial charge in [-0.2, -0.15) is 5.10 Å². The highest BCUT2D eigenvalue weighted by molar-refractivity contribution is 9.10. The van der Waals surface area contributed by atoms with E-state index >= 15 is 0 Å². The number of nitrogens with one attached hydrogen (secondary N) is 1. The van der Waals surface area contributed by atoms with Crippen LogP contribution in [0.5, 0.6) is 5.75 Å². The number of aromatic nitrogens is 1. The molecule has 1 amide bonds. The average molecular weight is 624 g/mol. The molecule has 0 bridgehead atoms. The number of sulfonamides is 1. The van der Waals surface area contributed by atoms with Crippen LogP contribution in [-0.4, -0.2) is 38.8 Å². The first-order valence-corrected chi connectivity index (χ1v) is 14.8. The molecule has 1 aromatic heterocycles. The van der Waals surface area contributed by atoms with E-state index in [-0.39, 0.29) is 4.90 Å². The Hall–Kier alpha value is -3.89. The molecular weight excluding hydrogens is 592 g/mol. The van der Waals surface area contributed by atoms with Gasteiger partial charge in [-0.15, -0.1) is 0 Å². The van der Waals surface area contributed by atoms with Gasteiger partial charge in [-0.05, 0) is 97.7 Å². The second-order valence-corrected chi connectivity index (χ2v) is 12.2. The van der Waals surface area contributed by atoms with Gasteiger partial charge in [0, 0.05) is 22.6 Å². The quantitative estimate of drug-likeness (QED) is 0.188. The fraction of sp³-hybridized carbons (Fsp3) is 0.200. The van der Waals surface area contributed by atoms with Crippen LogP contribution in [0.4, 0.5) is 5.69 Å². The van der Waals surface area contributed by atoms with Crippen molar-refractivity contribution in [2.24, 2.45) is 5.10 Å². The zero-order chi connectivity index (χ0) is 29.0. The Balaban J connectivity index is 1.57. The molecular formula is C30H31BrN4O4S. The molecule has 0 spiro atoms. The van der Waals surface area contributed by atoms with Gasteiger partial charge < -0.3 is 9.30 Å². The fourth-order valence-electron chi connectivity index (χ4n) is 4.38. The lowest BCUT2D eigenvalue weighted by atomic mass is 10.2. The molecule has 1 N–H and O–H groups in total. The highest BCUT2D eigenvalue weighted by atomic mass is 79.9. The van der Waals surface area contributed by atoms with Crippen molar-refractivity contribution in [2.75, 3.05) is 18.0 Å². The van der Waals surface area contributed by atoms with E-state index in [1.165, 1.54) is 19.2 Å². The molecule has 10 heteroatoms. The summed E-state index contributed by atoms with van der Waals surface area (Å²) in [6, 6.07) is 21.6. The SMILES string of the molecule is COc1ccc(S(=O)(=O)N(CC(=O)N/N=C\c2cc(C)n(-c3cccc(C)c3)c2C)c2ccc(C)cc2)cc1Br. The predicted molar refractivity (Wildman–Crippen MR) is 162 cm³/mol. The molecule has 8 nitrogen and oxygen atoms in total. The molecule has 0 radical (unpaired) electrons. The zero-order valence-corrected chi connectivity index (χ0v) is 25.4. The summed E-state index contributed by atoms with van der Waals surface area (Å²) in [4.78, 5) is 13.0. The smallest absolute Gasteiger partial charge is 0.264 e. The number of anilines is 1. The Morgan fingerprint density at radius 1 is 1.00 bits per heavy atom. The van der Waals surface area contributed by atoms with E-state index in [1.54, 1.807) is 36.5 Å². The van der Waals surface area contributed by atoms with Crippen molar-refractivity contribution in [2.45, 2.75) is 32.6 Å². The van der Waals surface area contributed by atoms with E-state index in [0.717, 1.165) is 38.1 Å². The maximum atomic E-state index is 13.7. The molecule has 0 aliphatic rings. The molecule has 0 unspecified atom stereocenters. The van der Waals surface area contributed by atoms with Crippen molar-refractivity contribution in [3.63, 3.8) is 0 Å². The minimum Gasteiger partial charge on any atom is -0.496 e. The summed E-state index contributed by atoms with van der Waals surface area (Å²) in [7, 11) is -2.60. The number of ether oxygens (including phenoxy) is 1. The van der Waals surface area contributed by atoms with Gasteiger partial charge in [-0.25, -0.2) is 13.8 Å². The van der Waals surface area contributed by atoms with Crippen molar-refractivity contribution < 1.29 is 17.9 Å². The third-order valence-corrected chi connectivity index (χ3v) is 8.83. The van der Waals surface area contributed by atoms with Gasteiger partial charge in [0.05, 0.1) is 28.4 Å². The van der Waals surface area contributed by atoms with Crippen LogP contribution in [0.2, 0.25) is 0 Å². The van der Waals surface area contributed by atoms with Gasteiger partial charge in [-0.1, -0.05) is 29.8 Å². The molecule has 40 heavy (non-hydrogen) atoms. The minimum absolute atomic E-state index is 0.0145. The van der Waals surface area contributed by atoms with Gasteiger partial charge in [0.25, 0.3) is 15.9 Å². The van der Waals surface area contributed by atoms with Gasteiger partial charge in [-0.3, -0.25) is 9.10 Å². The van der Waals surface area contributed by atoms with Crippen molar-refractivity contribution in [1.29, 1.82) is 0 Å². The number of carbonyl (C=O) groups is 1. The average Bonchev–Trinajstić information content (AvgIpc) is 3.20. The number of carbonyl (C=O) groups excluding carboxylic acids is 1. The molecule has 1 heterocycles. The number of hydrogen-bond donors (Lipinski definition) is 1. The molecule has 4 aromatic rings. The van der Waals surface area contributed by atoms with Crippen LogP contribution in [0, 0.1) is 27.7 Å². The third kappa shape index (κ3) is 6.29. The Bertz CT molecular complexity index is 1680. The monoisotopic (exact) mass is 622 g/mol. The normalized spacial score (nSPS) is 11.6. The molecule has 0 atom stereocenters. The van der Waals surface area contributed by atoms with E-state index in [1.807, 2.05) is 52.0 Å². The summed E-state index contributed by atoms with van der Waals surface area (Å²) >= 11 is 3.34. The zero-order valence-electron chi connectivity index (χ0n) is 23.0. The van der Waals surface area contributed by atoms with E-state index in [0.29, 0.717) is 15.9 Å². The van der Waals surface area contributed by atoms with Crippen molar-refractivity contribution in [1.82, 2.24) is 9.99 Å². The molecule has 0 saturated heterocycles. The maximum Gasteiger partial charge on any atom is 0.264 e. The van der Waals surface area contributed by atoms with Crippen molar-refractivity contribution in [3.8, 4) is 11.4 Å². The highest BCUT2D eigenvalue weighted by Crippen LogP contribution is 2.31. The van der Waals surface area contributed by atoms with Crippen molar-refractivity contribution >= 4 is 43.8 Å². The predicted octanol–water partition coefficient (Wildman–Crippen LogP) is 5.83. The summed E-state index contributed by atoms with van der Waals surface area (Å²) < 4.78 is 36.3. The highest BCUT2D eigenvalue weighted by Gasteiger charge is 2.28. The number of rotatable bonds is 9. The Labute approximate surface area is 243 Å². The molecule has 0 aliphatic heterocycles. The second kappa shape index (κ2) is 12.1. The summed E-state index contributed by atoms with van der Waals surface area (Å²) in [6.45, 7) is 7.47. The topological polar surface area (TPSA) is 93.0 Å².